The highest BCUT2D eigenvalue weighted by Crippen LogP contribution is 2.14. The summed E-state index contributed by atoms with van der Waals surface area (Å²) in [6, 6.07) is 6.72. The van der Waals surface area contributed by atoms with Gasteiger partial charge in [-0.05, 0) is 5.56 Å². The van der Waals surface area contributed by atoms with Crippen molar-refractivity contribution in [2.75, 3.05) is 20.7 Å². The fourth-order valence-corrected chi connectivity index (χ4v) is 2.90. The molecule has 0 unspecified atom stereocenters. The zero-order valence-electron chi connectivity index (χ0n) is 11.2. The number of rotatable bonds is 6. The molecule has 0 radical (unpaired) electrons. The fourth-order valence-electron chi connectivity index (χ4n) is 1.54. The van der Waals surface area contributed by atoms with Crippen LogP contribution in [0, 0.1) is 0 Å². The summed E-state index contributed by atoms with van der Waals surface area (Å²) in [6.45, 7) is -0.339. The predicted octanol–water partition coefficient (Wildman–Crippen LogP) is 0.255. The molecule has 8 heteroatoms. The van der Waals surface area contributed by atoms with Crippen LogP contribution in [0.4, 0.5) is 0 Å². The smallest absolute Gasteiger partial charge is 0.320 e. The van der Waals surface area contributed by atoms with Gasteiger partial charge in [0.05, 0.1) is 12.9 Å². The standard InChI is InChI=1S/C12H16N2O4S2/c1-14(7-11(15)18-2)20(16,17)8-9-5-3-4-6-10(9)12(13)19/h3-6H,7-8H2,1-2H3,(H2,13,19). The topological polar surface area (TPSA) is 89.7 Å². The van der Waals surface area contributed by atoms with E-state index in [1.807, 2.05) is 0 Å². The number of carbonyl (C=O) groups is 1. The second-order valence-corrected chi connectivity index (χ2v) is 6.63. The van der Waals surface area contributed by atoms with Crippen LogP contribution in [0.2, 0.25) is 0 Å². The molecule has 6 nitrogen and oxygen atoms in total. The molecule has 0 aliphatic rings. The van der Waals surface area contributed by atoms with Crippen LogP contribution in [-0.2, 0) is 25.3 Å². The SMILES string of the molecule is COC(=O)CN(C)S(=O)(=O)Cc1ccccc1C(N)=S. The quantitative estimate of drug-likeness (QED) is 0.598. The van der Waals surface area contributed by atoms with Gasteiger partial charge in [0.2, 0.25) is 10.0 Å². The third-order valence-electron chi connectivity index (χ3n) is 2.68. The molecule has 1 aromatic rings. The third-order valence-corrected chi connectivity index (χ3v) is 4.65. The van der Waals surface area contributed by atoms with E-state index in [4.69, 9.17) is 18.0 Å². The number of esters is 1. The lowest BCUT2D eigenvalue weighted by Crippen LogP contribution is -2.34. The molecule has 110 valence electrons. The lowest BCUT2D eigenvalue weighted by atomic mass is 10.1. The molecule has 0 atom stereocenters. The lowest BCUT2D eigenvalue weighted by Gasteiger charge is -2.17. The number of benzene rings is 1. The molecule has 0 saturated carbocycles. The van der Waals surface area contributed by atoms with E-state index in [1.165, 1.54) is 14.2 Å². The molecule has 0 amide bonds. The van der Waals surface area contributed by atoms with Gasteiger partial charge >= 0.3 is 5.97 Å². The van der Waals surface area contributed by atoms with Gasteiger partial charge in [-0.1, -0.05) is 36.5 Å². The minimum atomic E-state index is -3.66. The van der Waals surface area contributed by atoms with Crippen molar-refractivity contribution in [3.63, 3.8) is 0 Å². The highest BCUT2D eigenvalue weighted by molar-refractivity contribution is 7.88. The molecule has 1 aromatic carbocycles. The zero-order chi connectivity index (χ0) is 15.3. The normalized spacial score (nSPS) is 11.3. The molecule has 0 aliphatic heterocycles. The summed E-state index contributed by atoms with van der Waals surface area (Å²) in [5.41, 5.74) is 6.57. The number of hydrogen-bond acceptors (Lipinski definition) is 5. The van der Waals surface area contributed by atoms with Crippen LogP contribution in [0.5, 0.6) is 0 Å². The number of carbonyl (C=O) groups excluding carboxylic acids is 1. The first-order valence-electron chi connectivity index (χ1n) is 5.66. The second-order valence-electron chi connectivity index (χ2n) is 4.11. The number of methoxy groups -OCH3 is 1. The Kier molecular flexibility index (Phi) is 5.61. The van der Waals surface area contributed by atoms with Crippen molar-refractivity contribution in [3.05, 3.63) is 35.4 Å². The number of nitrogens with two attached hydrogens (primary N) is 1. The first-order valence-corrected chi connectivity index (χ1v) is 7.68. The summed E-state index contributed by atoms with van der Waals surface area (Å²) in [5.74, 6) is -0.910. The van der Waals surface area contributed by atoms with Crippen LogP contribution in [0.3, 0.4) is 0 Å². The number of ether oxygens (including phenoxy) is 1. The average Bonchev–Trinajstić information content (AvgIpc) is 2.38. The second kappa shape index (κ2) is 6.78. The van der Waals surface area contributed by atoms with E-state index in [-0.39, 0.29) is 17.3 Å². The third kappa shape index (κ3) is 4.26. The number of hydrogen-bond donors (Lipinski definition) is 1. The number of sulfonamides is 1. The molecule has 0 heterocycles. The maximum atomic E-state index is 12.2. The Morgan fingerprint density at radius 2 is 2.00 bits per heavy atom. The van der Waals surface area contributed by atoms with Gasteiger partial charge in [0, 0.05) is 12.6 Å². The summed E-state index contributed by atoms with van der Waals surface area (Å²) >= 11 is 4.89. The first-order chi connectivity index (χ1) is 9.27. The Balaban J connectivity index is 2.97. The molecule has 0 aliphatic carbocycles. The van der Waals surface area contributed by atoms with Crippen LogP contribution in [0.1, 0.15) is 11.1 Å². The number of nitrogens with zero attached hydrogens (tertiary/aromatic N) is 1. The molecular formula is C12H16N2O4S2. The van der Waals surface area contributed by atoms with E-state index < -0.39 is 16.0 Å². The molecular weight excluding hydrogens is 300 g/mol. The van der Waals surface area contributed by atoms with Crippen molar-refractivity contribution in [3.8, 4) is 0 Å². The Morgan fingerprint density at radius 1 is 1.40 bits per heavy atom. The van der Waals surface area contributed by atoms with Gasteiger partial charge in [-0.15, -0.1) is 0 Å². The van der Waals surface area contributed by atoms with Crippen molar-refractivity contribution in [1.82, 2.24) is 4.31 Å². The summed E-state index contributed by atoms with van der Waals surface area (Å²) in [5, 5.41) is 0. The van der Waals surface area contributed by atoms with Crippen molar-refractivity contribution in [2.45, 2.75) is 5.75 Å². The minimum absolute atomic E-state index is 0.131. The van der Waals surface area contributed by atoms with Gasteiger partial charge in [-0.2, -0.15) is 4.31 Å². The first kappa shape index (κ1) is 16.5. The van der Waals surface area contributed by atoms with Crippen molar-refractivity contribution in [1.29, 1.82) is 0 Å². The van der Waals surface area contributed by atoms with E-state index in [0.29, 0.717) is 11.1 Å². The van der Waals surface area contributed by atoms with Crippen LogP contribution in [0.25, 0.3) is 0 Å². The highest BCUT2D eigenvalue weighted by atomic mass is 32.2. The van der Waals surface area contributed by atoms with Crippen LogP contribution in [0.15, 0.2) is 24.3 Å². The molecule has 0 fully saturated rings. The number of likely N-dealkylation sites (N-methyl/N-ethyl adjacent to an activating group) is 1. The lowest BCUT2D eigenvalue weighted by molar-refractivity contribution is -0.140. The average molecular weight is 316 g/mol. The summed E-state index contributed by atoms with van der Waals surface area (Å²) < 4.78 is 29.7. The molecule has 0 aromatic heterocycles. The molecule has 0 bridgehead atoms. The van der Waals surface area contributed by atoms with Gasteiger partial charge in [0.25, 0.3) is 0 Å². The van der Waals surface area contributed by atoms with Crippen molar-refractivity contribution in [2.24, 2.45) is 5.73 Å². The Hall–Kier alpha value is -1.51. The largest absolute Gasteiger partial charge is 0.468 e. The van der Waals surface area contributed by atoms with Gasteiger partial charge in [-0.3, -0.25) is 4.79 Å². The fraction of sp³-hybridized carbons (Fsp3) is 0.333. The maximum absolute atomic E-state index is 12.2. The summed E-state index contributed by atoms with van der Waals surface area (Å²) in [6.07, 6.45) is 0. The van der Waals surface area contributed by atoms with Crippen molar-refractivity contribution < 1.29 is 17.9 Å². The van der Waals surface area contributed by atoms with E-state index in [2.05, 4.69) is 4.74 Å². The Morgan fingerprint density at radius 3 is 2.55 bits per heavy atom. The van der Waals surface area contributed by atoms with Crippen molar-refractivity contribution >= 4 is 33.2 Å². The monoisotopic (exact) mass is 316 g/mol. The maximum Gasteiger partial charge on any atom is 0.320 e. The zero-order valence-corrected chi connectivity index (χ0v) is 12.8. The molecule has 1 rings (SSSR count). The van der Waals surface area contributed by atoms with Gasteiger partial charge in [0.1, 0.15) is 11.5 Å². The highest BCUT2D eigenvalue weighted by Gasteiger charge is 2.22. The Bertz CT molecular complexity index is 614. The van der Waals surface area contributed by atoms with Gasteiger partial charge < -0.3 is 10.5 Å². The summed E-state index contributed by atoms with van der Waals surface area (Å²) in [4.78, 5) is 11.3. The molecule has 0 spiro atoms. The van der Waals surface area contributed by atoms with E-state index in [0.717, 1.165) is 4.31 Å². The van der Waals surface area contributed by atoms with Gasteiger partial charge in [0.15, 0.2) is 0 Å². The van der Waals surface area contributed by atoms with Crippen LogP contribution >= 0.6 is 12.2 Å². The molecule has 20 heavy (non-hydrogen) atoms. The minimum Gasteiger partial charge on any atom is -0.468 e. The number of thiocarbonyl (C=S) groups is 1. The van der Waals surface area contributed by atoms with Crippen LogP contribution in [-0.4, -0.2) is 44.4 Å². The Labute approximate surface area is 123 Å². The predicted molar refractivity (Wildman–Crippen MR) is 79.6 cm³/mol. The molecule has 2 N–H and O–H groups in total. The molecule has 0 saturated heterocycles. The van der Waals surface area contributed by atoms with Gasteiger partial charge in [-0.25, -0.2) is 8.42 Å². The van der Waals surface area contributed by atoms with E-state index in [1.54, 1.807) is 24.3 Å². The van der Waals surface area contributed by atoms with Crippen LogP contribution < -0.4 is 5.73 Å². The van der Waals surface area contributed by atoms with E-state index >= 15 is 0 Å². The summed E-state index contributed by atoms with van der Waals surface area (Å²) in [7, 11) is -1.14. The van der Waals surface area contributed by atoms with E-state index in [9.17, 15) is 13.2 Å².